The number of aromatic nitrogens is 1. The summed E-state index contributed by atoms with van der Waals surface area (Å²) in [5.41, 5.74) is 0.856. The molecule has 1 aromatic rings. The zero-order chi connectivity index (χ0) is 19.4. The number of unbranched alkanes of at least 4 members (excludes halogenated alkanes) is 10. The second kappa shape index (κ2) is 17.2. The Bertz CT molecular complexity index is 617. The largest absolute Gasteiger partial charge is 0.451 e. The Hall–Kier alpha value is -2.26. The van der Waals surface area contributed by atoms with E-state index in [0.717, 1.165) is 12.0 Å². The Labute approximate surface area is 165 Å². The molecule has 1 heterocycles. The molecule has 0 saturated heterocycles. The minimum Gasteiger partial charge on any atom is -0.451 e. The fourth-order valence-corrected chi connectivity index (χ4v) is 2.63. The van der Waals surface area contributed by atoms with Gasteiger partial charge in [-0.3, -0.25) is 4.98 Å². The van der Waals surface area contributed by atoms with Gasteiger partial charge in [-0.1, -0.05) is 70.3 Å². The molecule has 1 aromatic heterocycles. The highest BCUT2D eigenvalue weighted by molar-refractivity contribution is 5.88. The van der Waals surface area contributed by atoms with Gasteiger partial charge in [-0.2, -0.15) is 0 Å². The minimum atomic E-state index is -0.499. The normalized spacial score (nSPS) is 9.67. The van der Waals surface area contributed by atoms with Gasteiger partial charge >= 0.3 is 5.97 Å². The predicted molar refractivity (Wildman–Crippen MR) is 111 cm³/mol. The summed E-state index contributed by atoms with van der Waals surface area (Å²) in [5, 5.41) is 0. The summed E-state index contributed by atoms with van der Waals surface area (Å²) in [6.45, 7) is 2.47. The van der Waals surface area contributed by atoms with Crippen LogP contribution in [0.2, 0.25) is 0 Å². The van der Waals surface area contributed by atoms with Crippen LogP contribution >= 0.6 is 0 Å². The SMILES string of the molecule is CCCCCCCCCCCC#CCCC#CC(=O)OCc1cccnc1. The first kappa shape index (κ1) is 22.8. The van der Waals surface area contributed by atoms with E-state index in [9.17, 15) is 4.79 Å². The molecule has 0 aliphatic carbocycles. The standard InChI is InChI=1S/C24H33NO2/c1-2-3-4-5-6-7-8-9-10-11-12-13-14-15-16-19-24(26)27-22-23-18-17-20-25-21-23/h17-18,20-21H,2-11,14-15,22H2,1H3. The smallest absolute Gasteiger partial charge is 0.384 e. The number of pyridine rings is 1. The third-order valence-corrected chi connectivity index (χ3v) is 4.19. The number of nitrogens with zero attached hydrogens (tertiary/aromatic N) is 1. The number of rotatable bonds is 12. The molecule has 0 aliphatic rings. The lowest BCUT2D eigenvalue weighted by atomic mass is 10.1. The van der Waals surface area contributed by atoms with Crippen molar-refractivity contribution in [2.24, 2.45) is 0 Å². The fourth-order valence-electron chi connectivity index (χ4n) is 2.63. The van der Waals surface area contributed by atoms with Gasteiger partial charge in [0.05, 0.1) is 0 Å². The second-order valence-corrected chi connectivity index (χ2v) is 6.67. The van der Waals surface area contributed by atoms with Gasteiger partial charge in [0, 0.05) is 43.1 Å². The maximum absolute atomic E-state index is 11.5. The molecule has 0 N–H and O–H groups in total. The molecule has 0 bridgehead atoms. The lowest BCUT2D eigenvalue weighted by molar-refractivity contribution is -0.137. The molecule has 0 saturated carbocycles. The maximum Gasteiger partial charge on any atom is 0.384 e. The highest BCUT2D eigenvalue weighted by Gasteiger charge is 1.98. The lowest BCUT2D eigenvalue weighted by Gasteiger charge is -2.00. The molecule has 0 fully saturated rings. The Morgan fingerprint density at radius 2 is 1.59 bits per heavy atom. The maximum atomic E-state index is 11.5. The van der Waals surface area contributed by atoms with Gasteiger partial charge in [0.2, 0.25) is 0 Å². The molecule has 146 valence electrons. The summed E-state index contributed by atoms with van der Waals surface area (Å²) >= 11 is 0. The molecule has 0 radical (unpaired) electrons. The molecule has 0 aromatic carbocycles. The van der Waals surface area contributed by atoms with Gasteiger partial charge in [0.25, 0.3) is 0 Å². The van der Waals surface area contributed by atoms with Crippen molar-refractivity contribution < 1.29 is 9.53 Å². The van der Waals surface area contributed by atoms with Crippen molar-refractivity contribution in [2.75, 3.05) is 0 Å². The van der Waals surface area contributed by atoms with Gasteiger partial charge in [-0.15, -0.1) is 11.8 Å². The first-order chi connectivity index (χ1) is 13.3. The van der Waals surface area contributed by atoms with Crippen LogP contribution in [0.25, 0.3) is 0 Å². The first-order valence-electron chi connectivity index (χ1n) is 10.3. The van der Waals surface area contributed by atoms with Gasteiger partial charge in [-0.05, 0) is 12.5 Å². The van der Waals surface area contributed by atoms with E-state index < -0.39 is 5.97 Å². The lowest BCUT2D eigenvalue weighted by Crippen LogP contribution is -2.01. The van der Waals surface area contributed by atoms with Crippen LogP contribution in [-0.4, -0.2) is 11.0 Å². The number of carbonyl (C=O) groups excluding carboxylic acids is 1. The second-order valence-electron chi connectivity index (χ2n) is 6.67. The minimum absolute atomic E-state index is 0.208. The van der Waals surface area contributed by atoms with Crippen molar-refractivity contribution in [3.63, 3.8) is 0 Å². The molecule has 0 unspecified atom stereocenters. The number of hydrogen-bond acceptors (Lipinski definition) is 3. The van der Waals surface area contributed by atoms with Gasteiger partial charge in [0.15, 0.2) is 0 Å². The van der Waals surface area contributed by atoms with E-state index in [1.54, 1.807) is 12.4 Å². The highest BCUT2D eigenvalue weighted by atomic mass is 16.5. The fraction of sp³-hybridized carbons (Fsp3) is 0.583. The molecule has 0 atom stereocenters. The van der Waals surface area contributed by atoms with E-state index in [1.807, 2.05) is 12.1 Å². The van der Waals surface area contributed by atoms with Crippen LogP contribution in [0.5, 0.6) is 0 Å². The van der Waals surface area contributed by atoms with Crippen LogP contribution in [0.15, 0.2) is 24.5 Å². The molecule has 3 heteroatoms. The van der Waals surface area contributed by atoms with E-state index in [2.05, 4.69) is 35.6 Å². The topological polar surface area (TPSA) is 39.2 Å². The van der Waals surface area contributed by atoms with Crippen LogP contribution < -0.4 is 0 Å². The van der Waals surface area contributed by atoms with Gasteiger partial charge in [-0.25, -0.2) is 4.79 Å². The van der Waals surface area contributed by atoms with Crippen LogP contribution in [0.3, 0.4) is 0 Å². The summed E-state index contributed by atoms with van der Waals surface area (Å²) < 4.78 is 5.06. The van der Waals surface area contributed by atoms with Crippen molar-refractivity contribution in [1.29, 1.82) is 0 Å². The van der Waals surface area contributed by atoms with Crippen molar-refractivity contribution in [2.45, 2.75) is 90.6 Å². The van der Waals surface area contributed by atoms with E-state index in [1.165, 1.54) is 57.8 Å². The Balaban J connectivity index is 1.93. The molecular weight excluding hydrogens is 334 g/mol. The van der Waals surface area contributed by atoms with Crippen molar-refractivity contribution >= 4 is 5.97 Å². The van der Waals surface area contributed by atoms with Crippen molar-refractivity contribution in [1.82, 2.24) is 4.98 Å². The number of esters is 1. The molecule has 0 aliphatic heterocycles. The molecular formula is C24H33NO2. The highest BCUT2D eigenvalue weighted by Crippen LogP contribution is 2.10. The Morgan fingerprint density at radius 1 is 0.926 bits per heavy atom. The van der Waals surface area contributed by atoms with E-state index in [0.29, 0.717) is 12.8 Å². The average molecular weight is 368 g/mol. The summed E-state index contributed by atoms with van der Waals surface area (Å²) in [6.07, 6.45) is 17.7. The quantitative estimate of drug-likeness (QED) is 0.202. The van der Waals surface area contributed by atoms with Crippen molar-refractivity contribution in [3.05, 3.63) is 30.1 Å². The molecule has 27 heavy (non-hydrogen) atoms. The first-order valence-corrected chi connectivity index (χ1v) is 10.3. The number of carbonyl (C=O) groups is 1. The molecule has 1 rings (SSSR count). The van der Waals surface area contributed by atoms with Gasteiger partial charge in [0.1, 0.15) is 6.61 Å². The Morgan fingerprint density at radius 3 is 2.30 bits per heavy atom. The third-order valence-electron chi connectivity index (χ3n) is 4.19. The number of hydrogen-bond donors (Lipinski definition) is 0. The van der Waals surface area contributed by atoms with E-state index in [-0.39, 0.29) is 6.61 Å². The third kappa shape index (κ3) is 14.6. The molecule has 0 amide bonds. The molecule has 3 nitrogen and oxygen atoms in total. The van der Waals surface area contributed by atoms with Crippen LogP contribution in [-0.2, 0) is 16.1 Å². The zero-order valence-electron chi connectivity index (χ0n) is 16.8. The summed E-state index contributed by atoms with van der Waals surface area (Å²) in [6, 6.07) is 3.67. The summed E-state index contributed by atoms with van der Waals surface area (Å²) in [7, 11) is 0. The van der Waals surface area contributed by atoms with E-state index in [4.69, 9.17) is 4.74 Å². The molecule has 0 spiro atoms. The summed E-state index contributed by atoms with van der Waals surface area (Å²) in [4.78, 5) is 15.5. The average Bonchev–Trinajstić information content (AvgIpc) is 2.70. The van der Waals surface area contributed by atoms with E-state index >= 15 is 0 Å². The van der Waals surface area contributed by atoms with Crippen LogP contribution in [0.1, 0.15) is 89.5 Å². The van der Waals surface area contributed by atoms with Crippen LogP contribution in [0, 0.1) is 23.7 Å². The van der Waals surface area contributed by atoms with Crippen LogP contribution in [0.4, 0.5) is 0 Å². The Kier molecular flexibility index (Phi) is 14.5. The number of ether oxygens (including phenoxy) is 1. The summed E-state index contributed by atoms with van der Waals surface area (Å²) in [5.74, 6) is 11.1. The van der Waals surface area contributed by atoms with Gasteiger partial charge < -0.3 is 4.74 Å². The zero-order valence-corrected chi connectivity index (χ0v) is 16.8. The predicted octanol–water partition coefficient (Wildman–Crippen LogP) is 5.83. The monoisotopic (exact) mass is 367 g/mol. The van der Waals surface area contributed by atoms with Crippen molar-refractivity contribution in [3.8, 4) is 23.7 Å².